The molecule has 0 saturated heterocycles. The van der Waals surface area contributed by atoms with Crippen molar-refractivity contribution in [3.05, 3.63) is 28.8 Å². The van der Waals surface area contributed by atoms with Gasteiger partial charge in [-0.25, -0.2) is 4.79 Å². The highest BCUT2D eigenvalue weighted by molar-refractivity contribution is 6.31. The predicted octanol–water partition coefficient (Wildman–Crippen LogP) is 4.28. The first-order chi connectivity index (χ1) is 8.73. The fraction of sp³-hybridized carbons (Fsp3) is 0.429. The number of carbonyl (C=O) groups is 2. The van der Waals surface area contributed by atoms with Crippen molar-refractivity contribution in [1.29, 1.82) is 0 Å². The second-order valence-corrected chi connectivity index (χ2v) is 5.53. The molecule has 4 nitrogen and oxygen atoms in total. The van der Waals surface area contributed by atoms with Crippen molar-refractivity contribution < 1.29 is 14.3 Å². The molecule has 0 aliphatic rings. The molecule has 1 rings (SSSR count). The molecular formula is C14H18ClNO3. The Morgan fingerprint density at radius 2 is 1.95 bits per heavy atom. The third-order valence-corrected chi connectivity index (χ3v) is 2.47. The van der Waals surface area contributed by atoms with Crippen LogP contribution in [0.25, 0.3) is 0 Å². The monoisotopic (exact) mass is 283 g/mol. The van der Waals surface area contributed by atoms with Crippen LogP contribution in [0.3, 0.4) is 0 Å². The van der Waals surface area contributed by atoms with Gasteiger partial charge in [0.15, 0.2) is 5.78 Å². The second kappa shape index (κ2) is 6.06. The van der Waals surface area contributed by atoms with Gasteiger partial charge in [0.1, 0.15) is 5.60 Å². The van der Waals surface area contributed by atoms with Crippen LogP contribution in [0.1, 0.15) is 44.5 Å². The van der Waals surface area contributed by atoms with Gasteiger partial charge in [0, 0.05) is 17.0 Å². The summed E-state index contributed by atoms with van der Waals surface area (Å²) in [5.41, 5.74) is 0.206. The summed E-state index contributed by atoms with van der Waals surface area (Å²) < 4.78 is 5.15. The van der Waals surface area contributed by atoms with E-state index in [9.17, 15) is 9.59 Å². The molecular weight excluding hydrogens is 266 g/mol. The number of halogens is 1. The molecule has 0 aliphatic carbocycles. The van der Waals surface area contributed by atoms with Crippen molar-refractivity contribution in [1.82, 2.24) is 0 Å². The van der Waals surface area contributed by atoms with E-state index in [0.717, 1.165) is 0 Å². The molecule has 5 heteroatoms. The molecule has 0 radical (unpaired) electrons. The predicted molar refractivity (Wildman–Crippen MR) is 75.9 cm³/mol. The van der Waals surface area contributed by atoms with Gasteiger partial charge in [-0.15, -0.1) is 0 Å². The van der Waals surface area contributed by atoms with Crippen LogP contribution in [0.5, 0.6) is 0 Å². The van der Waals surface area contributed by atoms with Gasteiger partial charge < -0.3 is 4.74 Å². The largest absolute Gasteiger partial charge is 0.444 e. The first-order valence-electron chi connectivity index (χ1n) is 6.05. The van der Waals surface area contributed by atoms with Gasteiger partial charge in [-0.2, -0.15) is 0 Å². The van der Waals surface area contributed by atoms with E-state index in [1.165, 1.54) is 0 Å². The minimum absolute atomic E-state index is 0.0893. The number of benzene rings is 1. The van der Waals surface area contributed by atoms with Gasteiger partial charge in [-0.1, -0.05) is 18.5 Å². The Labute approximate surface area is 118 Å². The zero-order valence-corrected chi connectivity index (χ0v) is 12.3. The topological polar surface area (TPSA) is 55.4 Å². The van der Waals surface area contributed by atoms with Gasteiger partial charge in [-0.05, 0) is 39.0 Å². The quantitative estimate of drug-likeness (QED) is 0.842. The first-order valence-corrected chi connectivity index (χ1v) is 6.43. The summed E-state index contributed by atoms with van der Waals surface area (Å²) in [5, 5.41) is 3.02. The van der Waals surface area contributed by atoms with Gasteiger partial charge in [0.25, 0.3) is 0 Å². The van der Waals surface area contributed by atoms with Crippen LogP contribution in [-0.2, 0) is 4.74 Å². The molecule has 0 aromatic heterocycles. The van der Waals surface area contributed by atoms with Gasteiger partial charge in [0.2, 0.25) is 0 Å². The van der Waals surface area contributed by atoms with Gasteiger partial charge in [0.05, 0.1) is 5.69 Å². The molecule has 104 valence electrons. The molecule has 1 amide bonds. The highest BCUT2D eigenvalue weighted by Gasteiger charge is 2.18. The Kier molecular flexibility index (Phi) is 4.95. The van der Waals surface area contributed by atoms with Crippen molar-refractivity contribution in [2.24, 2.45) is 0 Å². The van der Waals surface area contributed by atoms with E-state index in [1.54, 1.807) is 45.9 Å². The smallest absolute Gasteiger partial charge is 0.412 e. The van der Waals surface area contributed by atoms with Crippen LogP contribution >= 0.6 is 11.6 Å². The van der Waals surface area contributed by atoms with Crippen LogP contribution in [0, 0.1) is 0 Å². The lowest BCUT2D eigenvalue weighted by atomic mass is 10.1. The third kappa shape index (κ3) is 4.91. The van der Waals surface area contributed by atoms with Crippen molar-refractivity contribution in [3.8, 4) is 0 Å². The maximum absolute atomic E-state index is 11.8. The average Bonchev–Trinajstić information content (AvgIpc) is 2.28. The molecule has 19 heavy (non-hydrogen) atoms. The number of hydrogen-bond acceptors (Lipinski definition) is 3. The molecule has 0 fully saturated rings. The molecule has 1 aromatic carbocycles. The summed E-state index contributed by atoms with van der Waals surface area (Å²) in [4.78, 5) is 23.5. The number of rotatable bonds is 3. The number of Topliss-reactive ketones (excluding diaryl/α,β-unsaturated/α-hetero) is 1. The zero-order chi connectivity index (χ0) is 14.6. The normalized spacial score (nSPS) is 11.0. The van der Waals surface area contributed by atoms with Crippen molar-refractivity contribution >= 4 is 29.2 Å². The van der Waals surface area contributed by atoms with E-state index in [1.807, 2.05) is 0 Å². The minimum atomic E-state index is -0.597. The zero-order valence-electron chi connectivity index (χ0n) is 11.5. The second-order valence-electron chi connectivity index (χ2n) is 5.09. The number of carbonyl (C=O) groups excluding carboxylic acids is 2. The van der Waals surface area contributed by atoms with Crippen LogP contribution < -0.4 is 5.32 Å². The number of anilines is 1. The molecule has 0 spiro atoms. The Hall–Kier alpha value is -1.55. The van der Waals surface area contributed by atoms with Crippen molar-refractivity contribution in [3.63, 3.8) is 0 Å². The standard InChI is InChI=1S/C14H18ClNO3/c1-5-12(17)10-8-9(15)6-7-11(10)16-13(18)19-14(2,3)4/h6-8H,5H2,1-4H3,(H,16,18). The highest BCUT2D eigenvalue weighted by Crippen LogP contribution is 2.23. The molecule has 0 saturated carbocycles. The lowest BCUT2D eigenvalue weighted by molar-refractivity contribution is 0.0636. The summed E-state index contributed by atoms with van der Waals surface area (Å²) in [7, 11) is 0. The Morgan fingerprint density at radius 3 is 2.47 bits per heavy atom. The number of hydrogen-bond donors (Lipinski definition) is 1. The van der Waals surface area contributed by atoms with Gasteiger partial charge >= 0.3 is 6.09 Å². The summed E-state index contributed by atoms with van der Waals surface area (Å²) in [6.07, 6.45) is -0.261. The van der Waals surface area contributed by atoms with E-state index in [2.05, 4.69) is 5.32 Å². The van der Waals surface area contributed by atoms with Crippen molar-refractivity contribution in [2.45, 2.75) is 39.7 Å². The fourth-order valence-corrected chi connectivity index (χ4v) is 1.63. The van der Waals surface area contributed by atoms with E-state index in [0.29, 0.717) is 22.7 Å². The number of ketones is 1. The highest BCUT2D eigenvalue weighted by atomic mass is 35.5. The molecule has 0 unspecified atom stereocenters. The Bertz CT molecular complexity index is 492. The SMILES string of the molecule is CCC(=O)c1cc(Cl)ccc1NC(=O)OC(C)(C)C. The fourth-order valence-electron chi connectivity index (χ4n) is 1.46. The molecule has 1 aromatic rings. The summed E-state index contributed by atoms with van der Waals surface area (Å²) in [6, 6.07) is 4.75. The van der Waals surface area contributed by atoms with E-state index in [-0.39, 0.29) is 5.78 Å². The van der Waals surface area contributed by atoms with E-state index < -0.39 is 11.7 Å². The summed E-state index contributed by atoms with van der Waals surface area (Å²) >= 11 is 5.86. The van der Waals surface area contributed by atoms with Crippen LogP contribution in [0.4, 0.5) is 10.5 Å². The third-order valence-electron chi connectivity index (χ3n) is 2.24. The molecule has 0 aliphatic heterocycles. The lowest BCUT2D eigenvalue weighted by Gasteiger charge is -2.20. The maximum Gasteiger partial charge on any atom is 0.412 e. The Balaban J connectivity index is 2.95. The van der Waals surface area contributed by atoms with E-state index >= 15 is 0 Å². The average molecular weight is 284 g/mol. The molecule has 0 heterocycles. The summed E-state index contributed by atoms with van der Waals surface area (Å²) in [5.74, 6) is -0.0893. The minimum Gasteiger partial charge on any atom is -0.444 e. The first kappa shape index (κ1) is 15.5. The Morgan fingerprint density at radius 1 is 1.32 bits per heavy atom. The maximum atomic E-state index is 11.8. The number of nitrogens with one attached hydrogen (secondary N) is 1. The van der Waals surface area contributed by atoms with Crippen LogP contribution in [-0.4, -0.2) is 17.5 Å². The lowest BCUT2D eigenvalue weighted by Crippen LogP contribution is -2.27. The molecule has 1 N–H and O–H groups in total. The number of ether oxygens (including phenoxy) is 1. The summed E-state index contributed by atoms with van der Waals surface area (Å²) in [6.45, 7) is 7.06. The van der Waals surface area contributed by atoms with Gasteiger partial charge in [-0.3, -0.25) is 10.1 Å². The van der Waals surface area contributed by atoms with Crippen LogP contribution in [0.2, 0.25) is 5.02 Å². The molecule has 0 atom stereocenters. The van der Waals surface area contributed by atoms with Crippen molar-refractivity contribution in [2.75, 3.05) is 5.32 Å². The van der Waals surface area contributed by atoms with E-state index in [4.69, 9.17) is 16.3 Å². The molecule has 0 bridgehead atoms. The van der Waals surface area contributed by atoms with Crippen LogP contribution in [0.15, 0.2) is 18.2 Å². The number of amides is 1.